The van der Waals surface area contributed by atoms with Gasteiger partial charge in [-0.15, -0.1) is 10.2 Å². The summed E-state index contributed by atoms with van der Waals surface area (Å²) < 4.78 is 15.7. The summed E-state index contributed by atoms with van der Waals surface area (Å²) in [5, 5.41) is 14.7. The van der Waals surface area contributed by atoms with E-state index in [1.165, 1.54) is 5.56 Å². The van der Waals surface area contributed by atoms with E-state index in [4.69, 9.17) is 14.5 Å². The third-order valence-corrected chi connectivity index (χ3v) is 6.10. The molecule has 0 bridgehead atoms. The van der Waals surface area contributed by atoms with E-state index in [0.29, 0.717) is 19.1 Å². The van der Waals surface area contributed by atoms with Gasteiger partial charge >= 0.3 is 0 Å². The second-order valence-corrected chi connectivity index (χ2v) is 8.03. The van der Waals surface area contributed by atoms with Gasteiger partial charge in [0.15, 0.2) is 11.9 Å². The smallest absolute Gasteiger partial charge is 0.272 e. The molecule has 3 aromatic heterocycles. The van der Waals surface area contributed by atoms with Crippen LogP contribution in [0.25, 0.3) is 28.0 Å². The second kappa shape index (κ2) is 8.36. The molecule has 0 spiro atoms. The molecule has 0 aliphatic carbocycles. The first-order chi connectivity index (χ1) is 15.2. The van der Waals surface area contributed by atoms with Crippen molar-refractivity contribution in [2.45, 2.75) is 59.3 Å². The van der Waals surface area contributed by atoms with Crippen molar-refractivity contribution in [2.75, 3.05) is 13.2 Å². The molecule has 5 rings (SSSR count). The van der Waals surface area contributed by atoms with Crippen LogP contribution in [0.2, 0.25) is 0 Å². The fourth-order valence-electron chi connectivity index (χ4n) is 4.51. The van der Waals surface area contributed by atoms with Crippen LogP contribution >= 0.6 is 0 Å². The molecule has 8 nitrogen and oxygen atoms in total. The van der Waals surface area contributed by atoms with Crippen molar-refractivity contribution in [3.63, 3.8) is 0 Å². The van der Waals surface area contributed by atoms with Crippen molar-refractivity contribution >= 4 is 22.1 Å². The van der Waals surface area contributed by atoms with Crippen molar-refractivity contribution in [3.8, 4) is 5.95 Å². The number of hydrogen-bond donors (Lipinski definition) is 0. The van der Waals surface area contributed by atoms with E-state index in [2.05, 4.69) is 45.8 Å². The van der Waals surface area contributed by atoms with E-state index < -0.39 is 0 Å². The highest BCUT2D eigenvalue weighted by molar-refractivity contribution is 6.04. The highest BCUT2D eigenvalue weighted by Gasteiger charge is 2.19. The Labute approximate surface area is 181 Å². The first-order valence-electron chi connectivity index (χ1n) is 11.1. The van der Waals surface area contributed by atoms with Gasteiger partial charge in [0, 0.05) is 24.2 Å². The zero-order valence-electron chi connectivity index (χ0n) is 18.3. The Bertz CT molecular complexity index is 1220. The largest absolute Gasteiger partial charge is 0.353 e. The zero-order chi connectivity index (χ0) is 21.4. The van der Waals surface area contributed by atoms with Crippen LogP contribution in [0, 0.1) is 13.8 Å². The molecule has 162 valence electrons. The SMILES string of the molecule is CCc1c(C)nn(-c2nnc3c4ccccc4n(CCOC4CCCCO4)c3n2)c1C. The summed E-state index contributed by atoms with van der Waals surface area (Å²) in [6, 6.07) is 8.20. The molecule has 4 aromatic rings. The van der Waals surface area contributed by atoms with E-state index in [9.17, 15) is 0 Å². The molecule has 1 aliphatic rings. The Morgan fingerprint density at radius 1 is 1.16 bits per heavy atom. The number of aromatic nitrogens is 6. The maximum absolute atomic E-state index is 6.00. The number of para-hydroxylation sites is 1. The lowest BCUT2D eigenvalue weighted by atomic mass is 10.1. The fraction of sp³-hybridized carbons (Fsp3) is 0.478. The van der Waals surface area contributed by atoms with Gasteiger partial charge in [-0.1, -0.05) is 25.1 Å². The lowest BCUT2D eigenvalue weighted by Gasteiger charge is -2.22. The van der Waals surface area contributed by atoms with Gasteiger partial charge in [0.1, 0.15) is 5.52 Å². The third kappa shape index (κ3) is 3.59. The standard InChI is InChI=1S/C23H28N6O2/c1-4-17-15(2)27-29(16(17)3)23-24-22-21(25-26-23)18-9-5-6-10-19(18)28(22)12-14-31-20-11-7-8-13-30-20/h5-6,9-10,20H,4,7-8,11-14H2,1-3H3. The second-order valence-electron chi connectivity index (χ2n) is 8.03. The summed E-state index contributed by atoms with van der Waals surface area (Å²) in [6.07, 6.45) is 4.05. The summed E-state index contributed by atoms with van der Waals surface area (Å²) in [5.41, 5.74) is 5.96. The molecule has 1 aromatic carbocycles. The molecule has 1 saturated heterocycles. The van der Waals surface area contributed by atoms with Crippen LogP contribution in [0.4, 0.5) is 0 Å². The molecule has 0 saturated carbocycles. The van der Waals surface area contributed by atoms with Crippen LogP contribution in [-0.4, -0.2) is 49.0 Å². The molecule has 1 unspecified atom stereocenters. The molecule has 0 radical (unpaired) electrons. The quantitative estimate of drug-likeness (QED) is 0.471. The van der Waals surface area contributed by atoms with E-state index in [1.54, 1.807) is 4.68 Å². The van der Waals surface area contributed by atoms with Gasteiger partial charge < -0.3 is 14.0 Å². The predicted octanol–water partition coefficient (Wildman–Crippen LogP) is 3.89. The maximum atomic E-state index is 6.00. The highest BCUT2D eigenvalue weighted by Crippen LogP contribution is 2.27. The molecule has 1 atom stereocenters. The normalized spacial score (nSPS) is 17.1. The summed E-state index contributed by atoms with van der Waals surface area (Å²) in [5.74, 6) is 0.494. The molecule has 0 N–H and O–H groups in total. The van der Waals surface area contributed by atoms with Gasteiger partial charge in [-0.2, -0.15) is 10.1 Å². The lowest BCUT2D eigenvalue weighted by molar-refractivity contribution is -0.163. The van der Waals surface area contributed by atoms with E-state index in [-0.39, 0.29) is 6.29 Å². The van der Waals surface area contributed by atoms with E-state index >= 15 is 0 Å². The van der Waals surface area contributed by atoms with Gasteiger partial charge in [-0.3, -0.25) is 0 Å². The minimum Gasteiger partial charge on any atom is -0.353 e. The topological polar surface area (TPSA) is 79.9 Å². The zero-order valence-corrected chi connectivity index (χ0v) is 18.3. The maximum Gasteiger partial charge on any atom is 0.272 e. The number of benzene rings is 1. The minimum absolute atomic E-state index is 0.104. The van der Waals surface area contributed by atoms with Gasteiger partial charge in [-0.25, -0.2) is 4.68 Å². The number of ether oxygens (including phenoxy) is 2. The van der Waals surface area contributed by atoms with E-state index in [0.717, 1.165) is 65.7 Å². The van der Waals surface area contributed by atoms with Crippen molar-refractivity contribution < 1.29 is 9.47 Å². The van der Waals surface area contributed by atoms with Crippen LogP contribution in [0.5, 0.6) is 0 Å². The van der Waals surface area contributed by atoms with Crippen molar-refractivity contribution in [2.24, 2.45) is 0 Å². The molecule has 1 aliphatic heterocycles. The molecule has 0 amide bonds. The average molecular weight is 421 g/mol. The number of nitrogens with zero attached hydrogens (tertiary/aromatic N) is 6. The first kappa shape index (κ1) is 20.1. The van der Waals surface area contributed by atoms with Gasteiger partial charge in [0.05, 0.1) is 17.8 Å². The first-order valence-corrected chi connectivity index (χ1v) is 11.1. The molecular weight excluding hydrogens is 392 g/mol. The molecule has 1 fully saturated rings. The van der Waals surface area contributed by atoms with Crippen LogP contribution in [0.3, 0.4) is 0 Å². The Kier molecular flexibility index (Phi) is 5.41. The Hall–Kier alpha value is -2.84. The van der Waals surface area contributed by atoms with Gasteiger partial charge in [0.25, 0.3) is 5.95 Å². The van der Waals surface area contributed by atoms with Crippen LogP contribution < -0.4 is 0 Å². The Morgan fingerprint density at radius 3 is 2.81 bits per heavy atom. The number of rotatable bonds is 6. The fourth-order valence-corrected chi connectivity index (χ4v) is 4.51. The van der Waals surface area contributed by atoms with E-state index in [1.807, 2.05) is 19.1 Å². The van der Waals surface area contributed by atoms with Crippen molar-refractivity contribution in [1.29, 1.82) is 0 Å². The monoisotopic (exact) mass is 420 g/mol. The summed E-state index contributed by atoms with van der Waals surface area (Å²) in [6.45, 7) is 8.22. The van der Waals surface area contributed by atoms with Crippen molar-refractivity contribution in [3.05, 3.63) is 41.2 Å². The number of hydrogen-bond acceptors (Lipinski definition) is 6. The molecular formula is C23H28N6O2. The summed E-state index contributed by atoms with van der Waals surface area (Å²) >= 11 is 0. The average Bonchev–Trinajstić information content (AvgIpc) is 3.27. The van der Waals surface area contributed by atoms with Crippen LogP contribution in [0.15, 0.2) is 24.3 Å². The highest BCUT2D eigenvalue weighted by atomic mass is 16.7. The van der Waals surface area contributed by atoms with Gasteiger partial charge in [0.2, 0.25) is 0 Å². The summed E-state index contributed by atoms with van der Waals surface area (Å²) in [7, 11) is 0. The third-order valence-electron chi connectivity index (χ3n) is 6.10. The molecule has 4 heterocycles. The number of fused-ring (bicyclic) bond motifs is 3. The Morgan fingerprint density at radius 2 is 2.03 bits per heavy atom. The molecule has 8 heteroatoms. The molecule has 31 heavy (non-hydrogen) atoms. The van der Waals surface area contributed by atoms with Crippen LogP contribution in [0.1, 0.15) is 43.1 Å². The predicted molar refractivity (Wildman–Crippen MR) is 118 cm³/mol. The number of aryl methyl sites for hydroxylation is 1. The van der Waals surface area contributed by atoms with Crippen molar-refractivity contribution in [1.82, 2.24) is 29.5 Å². The minimum atomic E-state index is -0.104. The van der Waals surface area contributed by atoms with Gasteiger partial charge in [-0.05, 0) is 51.2 Å². The summed E-state index contributed by atoms with van der Waals surface area (Å²) in [4.78, 5) is 4.90. The lowest BCUT2D eigenvalue weighted by Crippen LogP contribution is -2.24. The van der Waals surface area contributed by atoms with Crippen LogP contribution in [-0.2, 0) is 22.4 Å². The Balaban J connectivity index is 1.53.